The summed E-state index contributed by atoms with van der Waals surface area (Å²) in [6.45, 7) is 16.5. The lowest BCUT2D eigenvalue weighted by Gasteiger charge is -2.32. The van der Waals surface area contributed by atoms with Crippen LogP contribution in [0.25, 0.3) is 17.2 Å². The van der Waals surface area contributed by atoms with E-state index in [0.717, 1.165) is 37.7 Å². The van der Waals surface area contributed by atoms with Crippen molar-refractivity contribution in [1.82, 2.24) is 20.9 Å². The van der Waals surface area contributed by atoms with Crippen molar-refractivity contribution >= 4 is 47.6 Å². The van der Waals surface area contributed by atoms with Gasteiger partial charge in [0.1, 0.15) is 41.4 Å². The number of Topliss-reactive ketones (excluding diaryl/α,β-unsaturated/α-hetero) is 2. The number of nitrogens with one attached hydrogen (secondary N) is 3. The maximum Gasteiger partial charge on any atom is 0.407 e. The van der Waals surface area contributed by atoms with Crippen molar-refractivity contribution in [1.29, 1.82) is 5.26 Å². The standard InChI is InChI=1S/C61H83N5O12/c1-12-14-15-16-17-18-20-41-22-25-46(43(35-41)21-19-29-62)50(67)39-45(28-30-63-58(72)77-60(4,5)6)56(70)66(10)54-44-24-27-53(75-32-13-2)48(38-44)47-36-42(23-26-52(47)76-33-31-64-59(73)78-61(7,8)9)37-49(57(71)74-11)65-55(69)40(3)34-51(54)68/h19,21-27,35-36,38,40,45,49,54H,12-18,20,28,30-34,37,39H2,1-11H3,(H,63,72)(H,64,73)(H,65,69)/b21-19+/t40-,45-,49+,54+/m1/s1. The number of hydrogen-bond donors (Lipinski definition) is 3. The summed E-state index contributed by atoms with van der Waals surface area (Å²) in [4.78, 5) is 99.0. The van der Waals surface area contributed by atoms with Crippen LogP contribution >= 0.6 is 0 Å². The highest BCUT2D eigenvalue weighted by atomic mass is 16.6. The van der Waals surface area contributed by atoms with Crippen LogP contribution in [-0.4, -0.2) is 104 Å². The Balaban J connectivity index is 1.86. The van der Waals surface area contributed by atoms with E-state index in [1.54, 1.807) is 97.0 Å². The lowest BCUT2D eigenvalue weighted by atomic mass is 9.88. The summed E-state index contributed by atoms with van der Waals surface area (Å²) in [5.41, 5.74) is 2.25. The maximum atomic E-state index is 15.3. The molecule has 0 unspecified atom stereocenters. The number of allylic oxidation sites excluding steroid dienone is 1. The monoisotopic (exact) mass is 1080 g/mol. The van der Waals surface area contributed by atoms with Crippen LogP contribution in [0.5, 0.6) is 11.5 Å². The largest absolute Gasteiger partial charge is 0.493 e. The first-order valence-corrected chi connectivity index (χ1v) is 27.3. The topological polar surface area (TPSA) is 229 Å². The van der Waals surface area contributed by atoms with Crippen LogP contribution in [0.4, 0.5) is 9.59 Å². The van der Waals surface area contributed by atoms with Crippen LogP contribution < -0.4 is 25.4 Å². The van der Waals surface area contributed by atoms with Gasteiger partial charge in [-0.3, -0.25) is 19.2 Å². The molecule has 3 aromatic rings. The molecule has 0 saturated carbocycles. The zero-order valence-corrected chi connectivity index (χ0v) is 47.8. The van der Waals surface area contributed by atoms with E-state index in [-0.39, 0.29) is 51.2 Å². The number of alkyl carbamates (subject to hydrolysis) is 2. The van der Waals surface area contributed by atoms with E-state index >= 15 is 9.59 Å². The molecule has 17 heteroatoms. The summed E-state index contributed by atoms with van der Waals surface area (Å²) in [5, 5.41) is 17.7. The fraction of sp³-hybridized carbons (Fsp3) is 0.541. The first kappa shape index (κ1) is 63.3. The molecule has 4 atom stereocenters. The number of carbonyl (C=O) groups is 7. The summed E-state index contributed by atoms with van der Waals surface area (Å²) >= 11 is 0. The highest BCUT2D eigenvalue weighted by molar-refractivity contribution is 6.02. The van der Waals surface area contributed by atoms with Gasteiger partial charge in [0.05, 0.1) is 26.3 Å². The number of benzene rings is 3. The minimum atomic E-state index is -1.34. The molecule has 4 rings (SSSR count). The number of nitriles is 1. The molecule has 0 aliphatic carbocycles. The van der Waals surface area contributed by atoms with Crippen LogP contribution in [-0.2, 0) is 46.2 Å². The Bertz CT molecular complexity index is 2630. The number of ketones is 2. The van der Waals surface area contributed by atoms with E-state index in [4.69, 9.17) is 23.7 Å². The Labute approximate surface area is 461 Å². The molecule has 1 aliphatic heterocycles. The number of ether oxygens (including phenoxy) is 5. The molecular weight excluding hydrogens is 995 g/mol. The van der Waals surface area contributed by atoms with Crippen molar-refractivity contribution in [2.24, 2.45) is 11.8 Å². The third-order valence-corrected chi connectivity index (χ3v) is 12.9. The van der Waals surface area contributed by atoms with Gasteiger partial charge in [-0.05, 0) is 120 Å². The number of hydrogen-bond acceptors (Lipinski definition) is 13. The van der Waals surface area contributed by atoms with Crippen LogP contribution in [0.3, 0.4) is 0 Å². The van der Waals surface area contributed by atoms with Crippen molar-refractivity contribution in [3.05, 3.63) is 88.5 Å². The number of esters is 1. The van der Waals surface area contributed by atoms with E-state index in [9.17, 15) is 29.2 Å². The quantitative estimate of drug-likeness (QED) is 0.0250. The molecule has 0 aromatic heterocycles. The summed E-state index contributed by atoms with van der Waals surface area (Å²) in [6.07, 6.45) is 8.99. The van der Waals surface area contributed by atoms with Gasteiger partial charge in [0.15, 0.2) is 11.6 Å². The van der Waals surface area contributed by atoms with E-state index in [0.29, 0.717) is 57.9 Å². The number of amides is 4. The zero-order valence-electron chi connectivity index (χ0n) is 47.8. The van der Waals surface area contributed by atoms with Gasteiger partial charge in [-0.1, -0.05) is 83.2 Å². The summed E-state index contributed by atoms with van der Waals surface area (Å²) in [7, 11) is 2.69. The predicted octanol–water partition coefficient (Wildman–Crippen LogP) is 10.6. The van der Waals surface area contributed by atoms with Crippen LogP contribution in [0, 0.1) is 23.2 Å². The Kier molecular flexibility index (Phi) is 24.9. The minimum absolute atomic E-state index is 0.00977. The summed E-state index contributed by atoms with van der Waals surface area (Å²) in [6, 6.07) is 15.4. The van der Waals surface area contributed by atoms with Gasteiger partial charge in [-0.15, -0.1) is 0 Å². The fourth-order valence-corrected chi connectivity index (χ4v) is 9.07. The third-order valence-electron chi connectivity index (χ3n) is 12.9. The SMILES string of the molecule is CCCCCCCCc1ccc(C(=O)C[C@@H](CCNC(=O)OC(C)(C)C)C(=O)N(C)[C@@H]2C(=O)C[C@@H](C)C(=O)N[C@H](C(=O)OC)Cc3ccc(OCCNC(=O)OC(C)(C)C)c(c3)-c3cc2ccc3OCCC)c(/C=C/C#N)c1. The molecule has 0 fully saturated rings. The molecule has 424 valence electrons. The number of methoxy groups -OCH3 is 1. The highest BCUT2D eigenvalue weighted by Gasteiger charge is 2.37. The molecule has 1 heterocycles. The molecule has 0 radical (unpaired) electrons. The van der Waals surface area contributed by atoms with Crippen LogP contribution in [0.2, 0.25) is 0 Å². The zero-order chi connectivity index (χ0) is 57.6. The van der Waals surface area contributed by atoms with Gasteiger partial charge in [0.25, 0.3) is 0 Å². The number of carbonyl (C=O) groups excluding carboxylic acids is 7. The molecular formula is C61H83N5O12. The number of unbranched alkanes of at least 4 members (excludes halogenated alkanes) is 5. The highest BCUT2D eigenvalue weighted by Crippen LogP contribution is 2.41. The smallest absolute Gasteiger partial charge is 0.407 e. The number of rotatable bonds is 24. The second kappa shape index (κ2) is 30.6. The molecule has 78 heavy (non-hydrogen) atoms. The van der Waals surface area contributed by atoms with E-state index in [1.807, 2.05) is 25.1 Å². The number of likely N-dealkylation sites (N-methyl/N-ethyl adjacent to an activating group) is 1. The van der Waals surface area contributed by atoms with Gasteiger partial charge in [-0.2, -0.15) is 5.26 Å². The average molecular weight is 1080 g/mol. The second-order valence-corrected chi connectivity index (χ2v) is 21.9. The average Bonchev–Trinajstić information content (AvgIpc) is 3.41. The van der Waals surface area contributed by atoms with E-state index in [1.165, 1.54) is 38.0 Å². The number of nitrogens with zero attached hydrogens (tertiary/aromatic N) is 2. The van der Waals surface area contributed by atoms with Crippen LogP contribution in [0.1, 0.15) is 165 Å². The fourth-order valence-electron chi connectivity index (χ4n) is 9.07. The molecule has 0 saturated heterocycles. The van der Waals surface area contributed by atoms with Crippen molar-refractivity contribution in [3.63, 3.8) is 0 Å². The summed E-state index contributed by atoms with van der Waals surface area (Å²) in [5.74, 6) is -4.12. The molecule has 17 nitrogen and oxygen atoms in total. The Morgan fingerprint density at radius 2 is 1.42 bits per heavy atom. The first-order chi connectivity index (χ1) is 37.0. The normalized spacial score (nSPS) is 16.2. The summed E-state index contributed by atoms with van der Waals surface area (Å²) < 4.78 is 28.7. The van der Waals surface area contributed by atoms with Gasteiger partial charge >= 0.3 is 18.2 Å². The predicted molar refractivity (Wildman–Crippen MR) is 299 cm³/mol. The number of aryl methyl sites for hydroxylation is 1. The van der Waals surface area contributed by atoms with Crippen molar-refractivity contribution in [3.8, 4) is 28.7 Å². The minimum Gasteiger partial charge on any atom is -0.493 e. The molecule has 1 aliphatic rings. The van der Waals surface area contributed by atoms with Gasteiger partial charge in [-0.25, -0.2) is 14.4 Å². The van der Waals surface area contributed by atoms with Gasteiger partial charge in [0.2, 0.25) is 11.8 Å². The molecule has 3 aromatic carbocycles. The molecule has 4 amide bonds. The Morgan fingerprint density at radius 3 is 2.06 bits per heavy atom. The molecule has 3 N–H and O–H groups in total. The third kappa shape index (κ3) is 20.3. The lowest BCUT2D eigenvalue weighted by Crippen LogP contribution is -2.46. The van der Waals surface area contributed by atoms with E-state index < -0.39 is 70.9 Å². The van der Waals surface area contributed by atoms with E-state index in [2.05, 4.69) is 22.9 Å². The van der Waals surface area contributed by atoms with Crippen molar-refractivity contribution < 1.29 is 57.2 Å². The van der Waals surface area contributed by atoms with Gasteiger partial charge < -0.3 is 44.5 Å². The lowest BCUT2D eigenvalue weighted by molar-refractivity contribution is -0.146. The first-order valence-electron chi connectivity index (χ1n) is 27.3. The van der Waals surface area contributed by atoms with Crippen LogP contribution in [0.15, 0.2) is 60.7 Å². The second-order valence-electron chi connectivity index (χ2n) is 21.9. The maximum absolute atomic E-state index is 15.3. The van der Waals surface area contributed by atoms with Crippen molar-refractivity contribution in [2.45, 2.75) is 163 Å². The Morgan fingerprint density at radius 1 is 0.795 bits per heavy atom. The number of fused-ring (bicyclic) bond motifs is 5. The van der Waals surface area contributed by atoms with Crippen molar-refractivity contribution in [2.75, 3.05) is 40.5 Å². The van der Waals surface area contributed by atoms with Gasteiger partial charge in [0, 0.05) is 67.5 Å². The Hall–Kier alpha value is -7.22. The molecule has 0 spiro atoms. The molecule has 4 bridgehead atoms.